The number of hydrogen-bond donors (Lipinski definition) is 1. The number of nitrogens with zero attached hydrogens (tertiary/aromatic N) is 1. The quantitative estimate of drug-likeness (QED) is 0.706. The minimum atomic E-state index is -0.733. The molecule has 1 aliphatic heterocycles. The number of amides is 3. The highest BCUT2D eigenvalue weighted by Crippen LogP contribution is 2.38. The molecule has 2 aromatic rings. The van der Waals surface area contributed by atoms with E-state index < -0.39 is 23.9 Å². The number of ether oxygens (including phenoxy) is 4. The van der Waals surface area contributed by atoms with Gasteiger partial charge in [-0.25, -0.2) is 9.69 Å². The van der Waals surface area contributed by atoms with E-state index in [9.17, 15) is 14.4 Å². The fourth-order valence-electron chi connectivity index (χ4n) is 3.11. The number of carbonyl (C=O) groups excluding carboxylic acids is 3. The molecule has 0 radical (unpaired) electrons. The molecule has 1 atom stereocenters. The smallest absolute Gasteiger partial charge is 0.417 e. The molecule has 1 heterocycles. The Morgan fingerprint density at radius 1 is 1.07 bits per heavy atom. The number of imide groups is 1. The summed E-state index contributed by atoms with van der Waals surface area (Å²) in [6.45, 7) is -0.362. The molecule has 0 aliphatic carbocycles. The lowest BCUT2D eigenvalue weighted by Crippen LogP contribution is -2.40. The molecule has 0 spiro atoms. The Bertz CT molecular complexity index is 905. The van der Waals surface area contributed by atoms with Crippen molar-refractivity contribution < 1.29 is 33.3 Å². The third-order valence-electron chi connectivity index (χ3n) is 4.64. The number of cyclic esters (lactones) is 1. The van der Waals surface area contributed by atoms with Gasteiger partial charge >= 0.3 is 6.09 Å². The second-order valence-corrected chi connectivity index (χ2v) is 6.41. The molecule has 0 aromatic heterocycles. The van der Waals surface area contributed by atoms with Crippen LogP contribution >= 0.6 is 0 Å². The maximum absolute atomic E-state index is 13.0. The number of nitrogens with one attached hydrogen (secondary N) is 1. The maximum atomic E-state index is 13.0. The zero-order valence-electron chi connectivity index (χ0n) is 16.8. The predicted molar refractivity (Wildman–Crippen MR) is 106 cm³/mol. The minimum Gasteiger partial charge on any atom is -0.493 e. The normalized spacial score (nSPS) is 14.2. The van der Waals surface area contributed by atoms with Gasteiger partial charge in [0.05, 0.1) is 33.9 Å². The average molecular weight is 414 g/mol. The van der Waals surface area contributed by atoms with Gasteiger partial charge in [0.1, 0.15) is 0 Å². The molecule has 158 valence electrons. The number of carbonyl (C=O) groups is 3. The summed E-state index contributed by atoms with van der Waals surface area (Å²) in [6.07, 6.45) is -0.733. The molecule has 1 fully saturated rings. The number of methoxy groups -OCH3 is 3. The van der Waals surface area contributed by atoms with E-state index in [0.717, 1.165) is 10.5 Å². The Balaban J connectivity index is 1.90. The van der Waals surface area contributed by atoms with E-state index in [0.29, 0.717) is 17.2 Å². The van der Waals surface area contributed by atoms with Gasteiger partial charge in [0, 0.05) is 5.56 Å². The van der Waals surface area contributed by atoms with Crippen molar-refractivity contribution in [2.45, 2.75) is 6.04 Å². The second-order valence-electron chi connectivity index (χ2n) is 6.41. The highest BCUT2D eigenvalue weighted by atomic mass is 16.6. The first-order valence-corrected chi connectivity index (χ1v) is 9.11. The second kappa shape index (κ2) is 9.17. The van der Waals surface area contributed by atoms with Gasteiger partial charge in [0.2, 0.25) is 5.75 Å². The Morgan fingerprint density at radius 3 is 2.20 bits per heavy atom. The molecule has 0 bridgehead atoms. The van der Waals surface area contributed by atoms with E-state index in [4.69, 9.17) is 18.9 Å². The van der Waals surface area contributed by atoms with Crippen LogP contribution < -0.4 is 19.5 Å². The van der Waals surface area contributed by atoms with Gasteiger partial charge in [-0.2, -0.15) is 0 Å². The third kappa shape index (κ3) is 4.29. The molecule has 1 aliphatic rings. The number of rotatable bonds is 8. The molecular formula is C21H22N2O7. The zero-order chi connectivity index (χ0) is 21.7. The van der Waals surface area contributed by atoms with Crippen molar-refractivity contribution in [3.05, 3.63) is 53.6 Å². The summed E-state index contributed by atoms with van der Waals surface area (Å²) in [6, 6.07) is 11.4. The van der Waals surface area contributed by atoms with E-state index in [-0.39, 0.29) is 18.7 Å². The summed E-state index contributed by atoms with van der Waals surface area (Å²) in [4.78, 5) is 37.8. The van der Waals surface area contributed by atoms with Crippen LogP contribution in [0.25, 0.3) is 0 Å². The predicted octanol–water partition coefficient (Wildman–Crippen LogP) is 2.16. The molecule has 1 saturated heterocycles. The maximum Gasteiger partial charge on any atom is 0.417 e. The summed E-state index contributed by atoms with van der Waals surface area (Å²) in [5.74, 6) is 0.126. The summed E-state index contributed by atoms with van der Waals surface area (Å²) in [5, 5.41) is 2.87. The Hall–Kier alpha value is -3.75. The molecule has 3 rings (SSSR count). The standard InChI is InChI=1S/C21H22N2O7/c1-27-16-9-14(10-17(28-2)19(16)29-3)20(25)22-15(13-7-5-4-6-8-13)11-23-18(24)12-30-21(23)26/h4-10,15H,11-12H2,1-3H3,(H,22,25). The van der Waals surface area contributed by atoms with Crippen LogP contribution in [0.2, 0.25) is 0 Å². The van der Waals surface area contributed by atoms with Gasteiger partial charge in [-0.05, 0) is 17.7 Å². The molecule has 9 nitrogen and oxygen atoms in total. The molecule has 3 amide bonds. The van der Waals surface area contributed by atoms with E-state index in [1.807, 2.05) is 6.07 Å². The van der Waals surface area contributed by atoms with E-state index in [1.54, 1.807) is 24.3 Å². The lowest BCUT2D eigenvalue weighted by atomic mass is 10.1. The monoisotopic (exact) mass is 414 g/mol. The van der Waals surface area contributed by atoms with Gasteiger partial charge in [0.25, 0.3) is 11.8 Å². The molecular weight excluding hydrogens is 392 g/mol. The van der Waals surface area contributed by atoms with Gasteiger partial charge in [-0.15, -0.1) is 0 Å². The fourth-order valence-corrected chi connectivity index (χ4v) is 3.11. The van der Waals surface area contributed by atoms with Crippen LogP contribution in [0.15, 0.2) is 42.5 Å². The zero-order valence-corrected chi connectivity index (χ0v) is 16.8. The fraction of sp³-hybridized carbons (Fsp3) is 0.286. The Kier molecular flexibility index (Phi) is 6.41. The van der Waals surface area contributed by atoms with E-state index in [2.05, 4.69) is 5.32 Å². The van der Waals surface area contributed by atoms with Crippen LogP contribution in [0.1, 0.15) is 22.0 Å². The van der Waals surface area contributed by atoms with Gasteiger partial charge in [-0.1, -0.05) is 30.3 Å². The number of benzene rings is 2. The number of hydrogen-bond acceptors (Lipinski definition) is 7. The lowest BCUT2D eigenvalue weighted by molar-refractivity contribution is -0.126. The van der Waals surface area contributed by atoms with Crippen molar-refractivity contribution in [2.24, 2.45) is 0 Å². The van der Waals surface area contributed by atoms with E-state index >= 15 is 0 Å². The van der Waals surface area contributed by atoms with Crippen molar-refractivity contribution in [2.75, 3.05) is 34.5 Å². The van der Waals surface area contributed by atoms with Crippen LogP contribution in [-0.2, 0) is 9.53 Å². The average Bonchev–Trinajstić information content (AvgIpc) is 3.09. The van der Waals surface area contributed by atoms with Gasteiger partial charge < -0.3 is 24.3 Å². The Labute approximate surface area is 173 Å². The van der Waals surface area contributed by atoms with Crippen LogP contribution in [0, 0.1) is 0 Å². The molecule has 30 heavy (non-hydrogen) atoms. The Morgan fingerprint density at radius 2 is 1.70 bits per heavy atom. The SMILES string of the molecule is COc1cc(C(=O)NC(CN2C(=O)COC2=O)c2ccccc2)cc(OC)c1OC. The first-order valence-electron chi connectivity index (χ1n) is 9.11. The van der Waals surface area contributed by atoms with Crippen LogP contribution in [0.3, 0.4) is 0 Å². The van der Waals surface area contributed by atoms with Crippen LogP contribution in [0.5, 0.6) is 17.2 Å². The van der Waals surface area contributed by atoms with Gasteiger partial charge in [-0.3, -0.25) is 9.59 Å². The first-order chi connectivity index (χ1) is 14.5. The van der Waals surface area contributed by atoms with Crippen molar-refractivity contribution in [1.29, 1.82) is 0 Å². The van der Waals surface area contributed by atoms with E-state index in [1.165, 1.54) is 33.5 Å². The summed E-state index contributed by atoms with van der Waals surface area (Å²) in [7, 11) is 4.38. The van der Waals surface area contributed by atoms with Crippen molar-refractivity contribution in [3.8, 4) is 17.2 Å². The topological polar surface area (TPSA) is 103 Å². The summed E-state index contributed by atoms with van der Waals surface area (Å²) >= 11 is 0. The van der Waals surface area contributed by atoms with Crippen LogP contribution in [-0.4, -0.2) is 57.3 Å². The summed E-state index contributed by atoms with van der Waals surface area (Å²) < 4.78 is 20.6. The summed E-state index contributed by atoms with van der Waals surface area (Å²) in [5.41, 5.74) is 0.992. The molecule has 1 N–H and O–H groups in total. The van der Waals surface area contributed by atoms with Crippen molar-refractivity contribution in [3.63, 3.8) is 0 Å². The minimum absolute atomic E-state index is 0.0577. The van der Waals surface area contributed by atoms with Crippen molar-refractivity contribution in [1.82, 2.24) is 10.2 Å². The molecule has 2 aromatic carbocycles. The lowest BCUT2D eigenvalue weighted by Gasteiger charge is -2.23. The van der Waals surface area contributed by atoms with Gasteiger partial charge in [0.15, 0.2) is 18.1 Å². The molecule has 1 unspecified atom stereocenters. The highest BCUT2D eigenvalue weighted by molar-refractivity contribution is 5.98. The third-order valence-corrected chi connectivity index (χ3v) is 4.64. The van der Waals surface area contributed by atoms with Crippen molar-refractivity contribution >= 4 is 17.9 Å². The first kappa shape index (κ1) is 21.0. The van der Waals surface area contributed by atoms with Crippen LogP contribution in [0.4, 0.5) is 4.79 Å². The largest absolute Gasteiger partial charge is 0.493 e. The molecule has 0 saturated carbocycles. The highest BCUT2D eigenvalue weighted by Gasteiger charge is 2.34. The molecule has 9 heteroatoms.